The third-order valence-corrected chi connectivity index (χ3v) is 3.76. The van der Waals surface area contributed by atoms with E-state index < -0.39 is 0 Å². The predicted molar refractivity (Wildman–Crippen MR) is 87.5 cm³/mol. The lowest BCUT2D eigenvalue weighted by Crippen LogP contribution is -2.06. The van der Waals surface area contributed by atoms with Gasteiger partial charge in [-0.2, -0.15) is 0 Å². The largest absolute Gasteiger partial charge is 0.472 e. The van der Waals surface area contributed by atoms with Crippen molar-refractivity contribution in [3.8, 4) is 11.4 Å². The highest BCUT2D eigenvalue weighted by Crippen LogP contribution is 2.21. The quantitative estimate of drug-likeness (QED) is 0.542. The summed E-state index contributed by atoms with van der Waals surface area (Å²) in [5.41, 5.74) is 2.92. The van der Waals surface area contributed by atoms with E-state index in [2.05, 4.69) is 20.4 Å². The molecule has 6 nitrogen and oxygen atoms in total. The zero-order chi connectivity index (χ0) is 16.2. The van der Waals surface area contributed by atoms with Crippen LogP contribution in [0.3, 0.4) is 0 Å². The Kier molecular flexibility index (Phi) is 4.62. The van der Waals surface area contributed by atoms with Crippen molar-refractivity contribution in [1.29, 1.82) is 0 Å². The smallest absolute Gasteiger partial charge is 0.166 e. The summed E-state index contributed by atoms with van der Waals surface area (Å²) in [6.07, 6.45) is 5.01. The van der Waals surface area contributed by atoms with Crippen LogP contribution in [0.2, 0.25) is 5.15 Å². The zero-order valence-electron chi connectivity index (χ0n) is 13.0. The van der Waals surface area contributed by atoms with Crippen LogP contribution in [0.4, 0.5) is 5.82 Å². The van der Waals surface area contributed by atoms with Gasteiger partial charge in [-0.3, -0.25) is 0 Å². The number of aryl methyl sites for hydroxylation is 2. The molecule has 3 rings (SSSR count). The maximum atomic E-state index is 6.06. The molecule has 0 saturated carbocycles. The van der Waals surface area contributed by atoms with Crippen molar-refractivity contribution in [2.45, 2.75) is 26.7 Å². The van der Waals surface area contributed by atoms with Crippen LogP contribution in [0.5, 0.6) is 0 Å². The molecule has 0 unspecified atom stereocenters. The van der Waals surface area contributed by atoms with Crippen LogP contribution in [0.15, 0.2) is 33.6 Å². The number of furan rings is 1. The molecule has 7 heteroatoms. The lowest BCUT2D eigenvalue weighted by atomic mass is 10.1. The summed E-state index contributed by atoms with van der Waals surface area (Å²) in [6.45, 7) is 4.66. The molecule has 23 heavy (non-hydrogen) atoms. The van der Waals surface area contributed by atoms with E-state index in [4.69, 9.17) is 20.5 Å². The fourth-order valence-corrected chi connectivity index (χ4v) is 2.55. The summed E-state index contributed by atoms with van der Waals surface area (Å²) < 4.78 is 10.2. The van der Waals surface area contributed by atoms with Crippen molar-refractivity contribution in [3.63, 3.8) is 0 Å². The van der Waals surface area contributed by atoms with Gasteiger partial charge in [0.1, 0.15) is 23.0 Å². The van der Waals surface area contributed by atoms with Crippen molar-refractivity contribution in [3.05, 3.63) is 46.8 Å². The van der Waals surface area contributed by atoms with Gasteiger partial charge >= 0.3 is 0 Å². The normalized spacial score (nSPS) is 10.9. The number of rotatable bonds is 6. The molecular weight excluding hydrogens is 316 g/mol. The molecule has 0 aliphatic carbocycles. The van der Waals surface area contributed by atoms with Crippen molar-refractivity contribution in [2.24, 2.45) is 0 Å². The van der Waals surface area contributed by atoms with Crippen molar-refractivity contribution < 1.29 is 8.94 Å². The highest BCUT2D eigenvalue weighted by Gasteiger charge is 2.09. The molecule has 0 fully saturated rings. The molecule has 0 bridgehead atoms. The van der Waals surface area contributed by atoms with Crippen LogP contribution in [-0.2, 0) is 6.42 Å². The van der Waals surface area contributed by atoms with E-state index in [1.807, 2.05) is 13.8 Å². The van der Waals surface area contributed by atoms with Crippen LogP contribution in [0.25, 0.3) is 11.4 Å². The Morgan fingerprint density at radius 1 is 1.26 bits per heavy atom. The Morgan fingerprint density at radius 2 is 2.13 bits per heavy atom. The lowest BCUT2D eigenvalue weighted by Gasteiger charge is -2.07. The number of halogens is 1. The first-order valence-electron chi connectivity index (χ1n) is 7.36. The number of nitrogens with zero attached hydrogens (tertiary/aromatic N) is 3. The number of nitrogens with one attached hydrogen (secondary N) is 1. The van der Waals surface area contributed by atoms with Gasteiger partial charge in [0.05, 0.1) is 17.5 Å². The Hall–Kier alpha value is -2.34. The topological polar surface area (TPSA) is 77.0 Å². The predicted octanol–water partition coefficient (Wildman–Crippen LogP) is 4.04. The van der Waals surface area contributed by atoms with Gasteiger partial charge in [-0.15, -0.1) is 0 Å². The lowest BCUT2D eigenvalue weighted by molar-refractivity contribution is 0.392. The molecule has 3 heterocycles. The van der Waals surface area contributed by atoms with Crippen molar-refractivity contribution in [2.75, 3.05) is 11.9 Å². The molecule has 0 amide bonds. The molecule has 0 atom stereocenters. The van der Waals surface area contributed by atoms with E-state index in [0.717, 1.165) is 36.4 Å². The Labute approximate surface area is 138 Å². The first kappa shape index (κ1) is 15.6. The summed E-state index contributed by atoms with van der Waals surface area (Å²) in [5.74, 6) is 2.12. The molecule has 0 saturated heterocycles. The van der Waals surface area contributed by atoms with Crippen molar-refractivity contribution >= 4 is 17.4 Å². The molecular formula is C16H17ClN4O2. The highest BCUT2D eigenvalue weighted by molar-refractivity contribution is 6.29. The van der Waals surface area contributed by atoms with Crippen molar-refractivity contribution in [1.82, 2.24) is 15.1 Å². The van der Waals surface area contributed by atoms with E-state index in [9.17, 15) is 0 Å². The summed E-state index contributed by atoms with van der Waals surface area (Å²) in [7, 11) is 0. The zero-order valence-corrected chi connectivity index (χ0v) is 13.7. The molecule has 0 radical (unpaired) electrons. The fourth-order valence-electron chi connectivity index (χ4n) is 2.37. The maximum absolute atomic E-state index is 6.06. The molecule has 1 N–H and O–H groups in total. The third kappa shape index (κ3) is 3.71. The van der Waals surface area contributed by atoms with E-state index in [1.54, 1.807) is 24.7 Å². The average molecular weight is 333 g/mol. The van der Waals surface area contributed by atoms with Gasteiger partial charge in [-0.05, 0) is 32.8 Å². The number of aromatic nitrogens is 3. The monoisotopic (exact) mass is 332 g/mol. The minimum atomic E-state index is 0.393. The molecule has 0 spiro atoms. The molecule has 0 aliphatic heterocycles. The maximum Gasteiger partial charge on any atom is 0.166 e. The third-order valence-electron chi connectivity index (χ3n) is 3.57. The second-order valence-corrected chi connectivity index (χ2v) is 5.63. The van der Waals surface area contributed by atoms with E-state index in [0.29, 0.717) is 16.8 Å². The van der Waals surface area contributed by atoms with Gasteiger partial charge in [0.2, 0.25) is 0 Å². The second-order valence-electron chi connectivity index (χ2n) is 5.24. The second kappa shape index (κ2) is 6.83. The molecule has 0 aliphatic rings. The van der Waals surface area contributed by atoms with Gasteiger partial charge in [0, 0.05) is 18.2 Å². The summed E-state index contributed by atoms with van der Waals surface area (Å²) in [5, 5.41) is 7.63. The highest BCUT2D eigenvalue weighted by atomic mass is 35.5. The van der Waals surface area contributed by atoms with Crippen LogP contribution in [-0.4, -0.2) is 21.7 Å². The number of anilines is 1. The Balaban J connectivity index is 1.60. The van der Waals surface area contributed by atoms with Crippen LogP contribution < -0.4 is 5.32 Å². The minimum absolute atomic E-state index is 0.393. The molecule has 0 aromatic carbocycles. The fraction of sp³-hybridized carbons (Fsp3) is 0.312. The van der Waals surface area contributed by atoms with Gasteiger partial charge in [0.15, 0.2) is 5.82 Å². The summed E-state index contributed by atoms with van der Waals surface area (Å²) in [4.78, 5) is 8.65. The molecule has 3 aromatic heterocycles. The van der Waals surface area contributed by atoms with E-state index in [1.165, 1.54) is 5.56 Å². The molecule has 120 valence electrons. The van der Waals surface area contributed by atoms with Gasteiger partial charge in [-0.1, -0.05) is 16.8 Å². The summed E-state index contributed by atoms with van der Waals surface area (Å²) >= 11 is 6.06. The van der Waals surface area contributed by atoms with Gasteiger partial charge < -0.3 is 14.3 Å². The first-order chi connectivity index (χ1) is 11.1. The number of hydrogen-bond donors (Lipinski definition) is 1. The van der Waals surface area contributed by atoms with E-state index >= 15 is 0 Å². The van der Waals surface area contributed by atoms with Gasteiger partial charge in [0.25, 0.3) is 0 Å². The Bertz CT molecular complexity index is 764. The SMILES string of the molecule is Cc1noc(C)c1CCCNc1cc(Cl)nc(-c2ccoc2)n1. The van der Waals surface area contributed by atoms with Crippen LogP contribution >= 0.6 is 11.6 Å². The van der Waals surface area contributed by atoms with Crippen LogP contribution in [0.1, 0.15) is 23.4 Å². The summed E-state index contributed by atoms with van der Waals surface area (Å²) in [6, 6.07) is 3.51. The van der Waals surface area contributed by atoms with E-state index in [-0.39, 0.29) is 0 Å². The number of hydrogen-bond acceptors (Lipinski definition) is 6. The van der Waals surface area contributed by atoms with Gasteiger partial charge in [-0.25, -0.2) is 9.97 Å². The standard InChI is InChI=1S/C16H17ClN4O2/c1-10-13(11(2)23-21-10)4-3-6-18-15-8-14(17)19-16(20-15)12-5-7-22-9-12/h5,7-9H,3-4,6H2,1-2H3,(H,18,19,20). The first-order valence-corrected chi connectivity index (χ1v) is 7.74. The Morgan fingerprint density at radius 3 is 2.83 bits per heavy atom. The molecule has 3 aromatic rings. The average Bonchev–Trinajstić information content (AvgIpc) is 3.15. The minimum Gasteiger partial charge on any atom is -0.472 e. The van der Waals surface area contributed by atoms with Crippen LogP contribution in [0, 0.1) is 13.8 Å².